The number of benzene rings is 3. The lowest BCUT2D eigenvalue weighted by Crippen LogP contribution is -2.40. The molecule has 1 N–H and O–H groups in total. The first-order valence-electron chi connectivity index (χ1n) is 12.2. The van der Waals surface area contributed by atoms with E-state index in [0.29, 0.717) is 17.9 Å². The van der Waals surface area contributed by atoms with Crippen LogP contribution in [0.2, 0.25) is 0 Å². The highest BCUT2D eigenvalue weighted by molar-refractivity contribution is 6.01. The zero-order chi connectivity index (χ0) is 25.7. The minimum atomic E-state index is -0.271. The highest BCUT2D eigenvalue weighted by Gasteiger charge is 2.24. The van der Waals surface area contributed by atoms with E-state index in [1.165, 1.54) is 0 Å². The van der Waals surface area contributed by atoms with Crippen LogP contribution in [0.4, 0.5) is 5.82 Å². The van der Waals surface area contributed by atoms with Crippen molar-refractivity contribution in [1.29, 1.82) is 0 Å². The summed E-state index contributed by atoms with van der Waals surface area (Å²) in [4.78, 5) is 28.3. The molecule has 36 heavy (non-hydrogen) atoms. The smallest absolute Gasteiger partial charge is 0.254 e. The molecule has 0 unspecified atom stereocenters. The number of aryl methyl sites for hydroxylation is 2. The fourth-order valence-corrected chi connectivity index (χ4v) is 4.34. The Labute approximate surface area is 212 Å². The lowest BCUT2D eigenvalue weighted by molar-refractivity contribution is -0.117. The Kier molecular flexibility index (Phi) is 7.64. The Morgan fingerprint density at radius 2 is 1.50 bits per heavy atom. The van der Waals surface area contributed by atoms with E-state index < -0.39 is 0 Å². The van der Waals surface area contributed by atoms with Crippen LogP contribution in [0.5, 0.6) is 0 Å². The van der Waals surface area contributed by atoms with E-state index in [1.807, 2.05) is 100 Å². The average Bonchev–Trinajstić information content (AvgIpc) is 3.19. The highest BCUT2D eigenvalue weighted by Crippen LogP contribution is 2.34. The van der Waals surface area contributed by atoms with E-state index in [-0.39, 0.29) is 24.3 Å². The molecule has 6 nitrogen and oxygen atoms in total. The zero-order valence-corrected chi connectivity index (χ0v) is 21.2. The van der Waals surface area contributed by atoms with Crippen molar-refractivity contribution in [2.24, 2.45) is 5.92 Å². The fourth-order valence-electron chi connectivity index (χ4n) is 4.34. The van der Waals surface area contributed by atoms with Gasteiger partial charge in [0.05, 0.1) is 11.4 Å². The van der Waals surface area contributed by atoms with E-state index in [4.69, 9.17) is 5.10 Å². The second-order valence-corrected chi connectivity index (χ2v) is 9.37. The molecule has 184 valence electrons. The van der Waals surface area contributed by atoms with Crippen molar-refractivity contribution in [3.8, 4) is 16.8 Å². The maximum absolute atomic E-state index is 13.5. The third-order valence-corrected chi connectivity index (χ3v) is 5.95. The molecule has 0 aliphatic heterocycles. The maximum atomic E-state index is 13.5. The molecule has 0 bridgehead atoms. The maximum Gasteiger partial charge on any atom is 0.254 e. The van der Waals surface area contributed by atoms with E-state index in [9.17, 15) is 9.59 Å². The number of aromatic nitrogens is 2. The van der Waals surface area contributed by atoms with Crippen LogP contribution in [0.25, 0.3) is 16.8 Å². The van der Waals surface area contributed by atoms with Crippen molar-refractivity contribution in [2.45, 2.75) is 27.7 Å². The Morgan fingerprint density at radius 3 is 2.14 bits per heavy atom. The number of nitrogens with one attached hydrogen (secondary N) is 1. The molecule has 6 heteroatoms. The van der Waals surface area contributed by atoms with Gasteiger partial charge < -0.3 is 10.2 Å². The molecule has 1 heterocycles. The summed E-state index contributed by atoms with van der Waals surface area (Å²) >= 11 is 0. The van der Waals surface area contributed by atoms with Gasteiger partial charge in [-0.15, -0.1) is 0 Å². The average molecular weight is 481 g/mol. The Balaban J connectivity index is 1.70. The van der Waals surface area contributed by atoms with Gasteiger partial charge in [-0.1, -0.05) is 80.6 Å². The van der Waals surface area contributed by atoms with Gasteiger partial charge in [-0.2, -0.15) is 5.10 Å². The minimum absolute atomic E-state index is 0.0574. The third kappa shape index (κ3) is 5.54. The van der Waals surface area contributed by atoms with Gasteiger partial charge in [0.15, 0.2) is 0 Å². The Hall–Kier alpha value is -4.19. The van der Waals surface area contributed by atoms with E-state index in [2.05, 4.69) is 5.32 Å². The van der Waals surface area contributed by atoms with Crippen LogP contribution in [-0.4, -0.2) is 39.6 Å². The molecule has 0 fully saturated rings. The van der Waals surface area contributed by atoms with Gasteiger partial charge >= 0.3 is 0 Å². The van der Waals surface area contributed by atoms with Crippen LogP contribution in [0.1, 0.15) is 35.5 Å². The number of nitrogens with zero attached hydrogens (tertiary/aromatic N) is 3. The van der Waals surface area contributed by atoms with Crippen molar-refractivity contribution in [3.05, 3.63) is 102 Å². The summed E-state index contributed by atoms with van der Waals surface area (Å²) < 4.78 is 1.79. The van der Waals surface area contributed by atoms with Gasteiger partial charge in [0.25, 0.3) is 5.91 Å². The van der Waals surface area contributed by atoms with Gasteiger partial charge in [0.1, 0.15) is 12.4 Å². The normalized spacial score (nSPS) is 10.9. The Bertz CT molecular complexity index is 1340. The van der Waals surface area contributed by atoms with E-state index >= 15 is 0 Å². The largest absolute Gasteiger partial charge is 0.329 e. The first-order valence-corrected chi connectivity index (χ1v) is 12.2. The fraction of sp³-hybridized carbons (Fsp3) is 0.233. The number of hydrogen-bond donors (Lipinski definition) is 1. The lowest BCUT2D eigenvalue weighted by Gasteiger charge is -2.24. The van der Waals surface area contributed by atoms with Crippen LogP contribution in [0, 0.1) is 19.8 Å². The standard InChI is InChI=1S/C30H32N4O2/c1-21(2)19-33(30(36)25-16-9-6-10-17-25)20-27(35)31-29-28(24-14-7-5-8-15-24)23(4)32-34(29)26-18-12-11-13-22(26)3/h5-18,21H,19-20H2,1-4H3,(H,31,35). The molecule has 1 aromatic heterocycles. The molecule has 0 saturated carbocycles. The van der Waals surface area contributed by atoms with Gasteiger partial charge in [-0.3, -0.25) is 9.59 Å². The zero-order valence-electron chi connectivity index (χ0n) is 21.2. The van der Waals surface area contributed by atoms with Crippen molar-refractivity contribution >= 4 is 17.6 Å². The number of hydrogen-bond acceptors (Lipinski definition) is 3. The number of anilines is 1. The number of carbonyl (C=O) groups excluding carboxylic acids is 2. The molecule has 0 spiro atoms. The second-order valence-electron chi connectivity index (χ2n) is 9.37. The third-order valence-electron chi connectivity index (χ3n) is 5.95. The molecule has 2 amide bonds. The quantitative estimate of drug-likeness (QED) is 0.342. The van der Waals surface area contributed by atoms with Crippen molar-refractivity contribution in [1.82, 2.24) is 14.7 Å². The predicted octanol–water partition coefficient (Wildman–Crippen LogP) is 5.89. The van der Waals surface area contributed by atoms with E-state index in [0.717, 1.165) is 28.1 Å². The lowest BCUT2D eigenvalue weighted by atomic mass is 10.1. The summed E-state index contributed by atoms with van der Waals surface area (Å²) in [6.45, 7) is 8.45. The summed E-state index contributed by atoms with van der Waals surface area (Å²) in [5.41, 5.74) is 5.12. The summed E-state index contributed by atoms with van der Waals surface area (Å²) in [6.07, 6.45) is 0. The summed E-state index contributed by atoms with van der Waals surface area (Å²) in [5.74, 6) is 0.373. The first-order chi connectivity index (χ1) is 17.3. The molecule has 0 aliphatic rings. The van der Waals surface area contributed by atoms with Crippen LogP contribution >= 0.6 is 0 Å². The molecule has 0 atom stereocenters. The topological polar surface area (TPSA) is 67.2 Å². The first kappa shape index (κ1) is 24.9. The van der Waals surface area contributed by atoms with Crippen LogP contribution in [0.3, 0.4) is 0 Å². The van der Waals surface area contributed by atoms with Gasteiger partial charge in [0, 0.05) is 17.7 Å². The van der Waals surface area contributed by atoms with Crippen LogP contribution in [-0.2, 0) is 4.79 Å². The number of carbonyl (C=O) groups is 2. The van der Waals surface area contributed by atoms with Crippen LogP contribution in [0.15, 0.2) is 84.9 Å². The number of amides is 2. The second kappa shape index (κ2) is 11.0. The Morgan fingerprint density at radius 1 is 0.889 bits per heavy atom. The van der Waals surface area contributed by atoms with Crippen molar-refractivity contribution in [2.75, 3.05) is 18.4 Å². The molecule has 0 radical (unpaired) electrons. The van der Waals surface area contributed by atoms with Gasteiger partial charge in [0.2, 0.25) is 5.91 Å². The predicted molar refractivity (Wildman–Crippen MR) is 144 cm³/mol. The van der Waals surface area contributed by atoms with Crippen molar-refractivity contribution in [3.63, 3.8) is 0 Å². The minimum Gasteiger partial charge on any atom is -0.329 e. The molecule has 0 aliphatic carbocycles. The summed E-state index contributed by atoms with van der Waals surface area (Å²) in [5, 5.41) is 7.90. The van der Waals surface area contributed by atoms with Crippen LogP contribution < -0.4 is 5.32 Å². The summed E-state index contributed by atoms with van der Waals surface area (Å²) in [6, 6.07) is 26.9. The molecule has 3 aromatic carbocycles. The van der Waals surface area contributed by atoms with E-state index in [1.54, 1.807) is 21.7 Å². The molecule has 4 rings (SSSR count). The van der Waals surface area contributed by atoms with Gasteiger partial charge in [-0.05, 0) is 49.1 Å². The highest BCUT2D eigenvalue weighted by atomic mass is 16.2. The van der Waals surface area contributed by atoms with Gasteiger partial charge in [-0.25, -0.2) is 4.68 Å². The molecule has 4 aromatic rings. The molecule has 0 saturated heterocycles. The summed E-state index contributed by atoms with van der Waals surface area (Å²) in [7, 11) is 0. The number of rotatable bonds is 8. The van der Waals surface area contributed by atoms with Crippen molar-refractivity contribution < 1.29 is 9.59 Å². The SMILES string of the molecule is Cc1ccccc1-n1nc(C)c(-c2ccccc2)c1NC(=O)CN(CC(C)C)C(=O)c1ccccc1. The molecular formula is C30H32N4O2. The monoisotopic (exact) mass is 480 g/mol. The number of para-hydroxylation sites is 1. The molecular weight excluding hydrogens is 448 g/mol.